The molecule has 0 spiro atoms. The molecule has 10 heavy (non-hydrogen) atoms. The Morgan fingerprint density at radius 1 is 1.30 bits per heavy atom. The van der Waals surface area contributed by atoms with Gasteiger partial charge in [-0.3, -0.25) is 0 Å². The van der Waals surface area contributed by atoms with Crippen LogP contribution in [0, 0.1) is 0 Å². The summed E-state index contributed by atoms with van der Waals surface area (Å²) in [7, 11) is 0. The summed E-state index contributed by atoms with van der Waals surface area (Å²) in [6, 6.07) is 0. The molecule has 0 radical (unpaired) electrons. The van der Waals surface area contributed by atoms with Gasteiger partial charge in [0.05, 0.1) is 0 Å². The monoisotopic (exact) mass is 153 g/mol. The maximum Gasteiger partial charge on any atom is 0.239 e. The lowest BCUT2D eigenvalue weighted by atomic mass is 10.4. The summed E-state index contributed by atoms with van der Waals surface area (Å²) in [5.74, 6) is 0. The van der Waals surface area contributed by atoms with E-state index in [-0.39, 0.29) is 13.0 Å². The molecule has 0 bridgehead atoms. The van der Waals surface area contributed by atoms with Crippen LogP contribution in [0.3, 0.4) is 0 Å². The molecule has 0 aliphatic rings. The minimum absolute atomic E-state index is 0.106. The lowest BCUT2D eigenvalue weighted by Crippen LogP contribution is -2.19. The second-order valence-corrected chi connectivity index (χ2v) is 2.01. The van der Waals surface area contributed by atoms with E-state index in [1.807, 2.05) is 0 Å². The Morgan fingerprint density at radius 3 is 2.50 bits per heavy atom. The maximum atomic E-state index is 11.5. The van der Waals surface area contributed by atoms with E-state index in [2.05, 4.69) is 5.32 Å². The molecular weight excluding hydrogens is 140 g/mol. The fourth-order valence-corrected chi connectivity index (χ4v) is 0.540. The molecule has 0 rings (SSSR count). The Kier molecular flexibility index (Phi) is 6.74. The standard InChI is InChI=1S/C6H13F2NO/c7-6(8)2-4-9-3-1-5-10/h6,9-10H,1-5H2. The molecule has 0 aromatic rings. The van der Waals surface area contributed by atoms with Crippen molar-refractivity contribution < 1.29 is 13.9 Å². The summed E-state index contributed by atoms with van der Waals surface area (Å²) in [6.45, 7) is 1.06. The molecule has 0 fully saturated rings. The van der Waals surface area contributed by atoms with Crippen molar-refractivity contribution in [1.29, 1.82) is 0 Å². The highest BCUT2D eigenvalue weighted by molar-refractivity contribution is 4.48. The predicted molar refractivity (Wildman–Crippen MR) is 35.2 cm³/mol. The maximum absolute atomic E-state index is 11.5. The van der Waals surface area contributed by atoms with Crippen molar-refractivity contribution in [3.05, 3.63) is 0 Å². The number of nitrogens with one attached hydrogen (secondary N) is 1. The van der Waals surface area contributed by atoms with Gasteiger partial charge in [-0.05, 0) is 13.0 Å². The number of rotatable bonds is 6. The summed E-state index contributed by atoms with van der Waals surface area (Å²) in [4.78, 5) is 0. The van der Waals surface area contributed by atoms with Gasteiger partial charge in [-0.15, -0.1) is 0 Å². The van der Waals surface area contributed by atoms with Gasteiger partial charge in [0, 0.05) is 19.6 Å². The first-order valence-corrected chi connectivity index (χ1v) is 3.37. The van der Waals surface area contributed by atoms with Crippen LogP contribution in [0.1, 0.15) is 12.8 Å². The number of alkyl halides is 2. The summed E-state index contributed by atoms with van der Waals surface area (Å²) >= 11 is 0. The predicted octanol–water partition coefficient (Wildman–Crippen LogP) is 0.614. The zero-order valence-electron chi connectivity index (χ0n) is 5.82. The largest absolute Gasteiger partial charge is 0.396 e. The quantitative estimate of drug-likeness (QED) is 0.548. The highest BCUT2D eigenvalue weighted by Crippen LogP contribution is 1.95. The van der Waals surface area contributed by atoms with Crippen LogP contribution in [0.25, 0.3) is 0 Å². The van der Waals surface area contributed by atoms with E-state index in [1.165, 1.54) is 0 Å². The van der Waals surface area contributed by atoms with E-state index < -0.39 is 6.43 Å². The molecule has 0 aliphatic heterocycles. The molecule has 4 heteroatoms. The van der Waals surface area contributed by atoms with Crippen molar-refractivity contribution in [2.75, 3.05) is 19.7 Å². The summed E-state index contributed by atoms with van der Waals surface area (Å²) in [5.41, 5.74) is 0. The molecule has 0 saturated carbocycles. The SMILES string of the molecule is OCCCNCCC(F)F. The third-order valence-corrected chi connectivity index (χ3v) is 1.05. The Labute approximate surface area is 59.2 Å². The van der Waals surface area contributed by atoms with E-state index in [9.17, 15) is 8.78 Å². The van der Waals surface area contributed by atoms with Gasteiger partial charge in [0.1, 0.15) is 0 Å². The molecule has 62 valence electrons. The molecule has 0 atom stereocenters. The summed E-state index contributed by atoms with van der Waals surface area (Å²) in [5, 5.41) is 11.1. The Bertz CT molecular complexity index is 70.8. The topological polar surface area (TPSA) is 32.3 Å². The van der Waals surface area contributed by atoms with Crippen molar-refractivity contribution in [2.45, 2.75) is 19.3 Å². The van der Waals surface area contributed by atoms with E-state index in [0.717, 1.165) is 0 Å². The first-order valence-electron chi connectivity index (χ1n) is 3.37. The van der Waals surface area contributed by atoms with Crippen LogP contribution in [0.2, 0.25) is 0 Å². The van der Waals surface area contributed by atoms with Crippen LogP contribution in [-0.4, -0.2) is 31.2 Å². The third-order valence-electron chi connectivity index (χ3n) is 1.05. The first-order chi connectivity index (χ1) is 4.77. The number of halogens is 2. The van der Waals surface area contributed by atoms with Gasteiger partial charge in [0.2, 0.25) is 6.43 Å². The third kappa shape index (κ3) is 7.78. The summed E-state index contributed by atoms with van der Waals surface area (Å²) in [6.07, 6.45) is -1.70. The number of aliphatic hydroxyl groups excluding tert-OH is 1. The van der Waals surface area contributed by atoms with Gasteiger partial charge < -0.3 is 10.4 Å². The van der Waals surface area contributed by atoms with Crippen molar-refractivity contribution >= 4 is 0 Å². The van der Waals surface area contributed by atoms with E-state index in [4.69, 9.17) is 5.11 Å². The van der Waals surface area contributed by atoms with E-state index >= 15 is 0 Å². The van der Waals surface area contributed by atoms with Gasteiger partial charge in [-0.1, -0.05) is 0 Å². The molecule has 0 heterocycles. The van der Waals surface area contributed by atoms with Crippen LogP contribution >= 0.6 is 0 Å². The number of hydrogen-bond acceptors (Lipinski definition) is 2. The molecule has 0 saturated heterocycles. The van der Waals surface area contributed by atoms with E-state index in [1.54, 1.807) is 0 Å². The van der Waals surface area contributed by atoms with Gasteiger partial charge in [0.25, 0.3) is 0 Å². The molecule has 0 amide bonds. The highest BCUT2D eigenvalue weighted by Gasteiger charge is 1.99. The fourth-order valence-electron chi connectivity index (χ4n) is 0.540. The lowest BCUT2D eigenvalue weighted by Gasteiger charge is -2.01. The van der Waals surface area contributed by atoms with Crippen LogP contribution in [0.5, 0.6) is 0 Å². The normalized spacial score (nSPS) is 10.8. The minimum atomic E-state index is -2.22. The smallest absolute Gasteiger partial charge is 0.239 e. The lowest BCUT2D eigenvalue weighted by molar-refractivity contribution is 0.137. The molecule has 0 aromatic carbocycles. The highest BCUT2D eigenvalue weighted by atomic mass is 19.3. The van der Waals surface area contributed by atoms with Gasteiger partial charge in [-0.2, -0.15) is 0 Å². The van der Waals surface area contributed by atoms with Crippen molar-refractivity contribution in [1.82, 2.24) is 5.32 Å². The Balaban J connectivity index is 2.77. The van der Waals surface area contributed by atoms with Crippen LogP contribution in [0.4, 0.5) is 8.78 Å². The molecule has 2 N–H and O–H groups in total. The minimum Gasteiger partial charge on any atom is -0.396 e. The zero-order chi connectivity index (χ0) is 7.82. The average Bonchev–Trinajstić information content (AvgIpc) is 1.87. The van der Waals surface area contributed by atoms with E-state index in [0.29, 0.717) is 19.5 Å². The summed E-state index contributed by atoms with van der Waals surface area (Å²) < 4.78 is 22.9. The van der Waals surface area contributed by atoms with Crippen LogP contribution < -0.4 is 5.32 Å². The molecule has 2 nitrogen and oxygen atoms in total. The van der Waals surface area contributed by atoms with Crippen LogP contribution in [-0.2, 0) is 0 Å². The molecule has 0 aliphatic carbocycles. The molecule has 0 aromatic heterocycles. The van der Waals surface area contributed by atoms with Crippen molar-refractivity contribution in [3.63, 3.8) is 0 Å². The molecule has 0 unspecified atom stereocenters. The second-order valence-electron chi connectivity index (χ2n) is 2.01. The molecular formula is C6H13F2NO. The second kappa shape index (κ2) is 6.89. The Morgan fingerprint density at radius 2 is 2.00 bits per heavy atom. The Hall–Kier alpha value is -0.220. The zero-order valence-corrected chi connectivity index (χ0v) is 5.82. The van der Waals surface area contributed by atoms with Gasteiger partial charge in [0.15, 0.2) is 0 Å². The average molecular weight is 153 g/mol. The fraction of sp³-hybridized carbons (Fsp3) is 1.00. The van der Waals surface area contributed by atoms with Crippen LogP contribution in [0.15, 0.2) is 0 Å². The van der Waals surface area contributed by atoms with Crippen molar-refractivity contribution in [2.24, 2.45) is 0 Å². The number of hydrogen-bond donors (Lipinski definition) is 2. The number of aliphatic hydroxyl groups is 1. The first kappa shape index (κ1) is 9.78. The van der Waals surface area contributed by atoms with Gasteiger partial charge >= 0.3 is 0 Å². The van der Waals surface area contributed by atoms with Crippen molar-refractivity contribution in [3.8, 4) is 0 Å². The van der Waals surface area contributed by atoms with Gasteiger partial charge in [-0.25, -0.2) is 8.78 Å².